The summed E-state index contributed by atoms with van der Waals surface area (Å²) in [5, 5.41) is 51.5. The van der Waals surface area contributed by atoms with Crippen LogP contribution in [0.2, 0.25) is 0 Å². The fourth-order valence-corrected chi connectivity index (χ4v) is 12.6. The average molecular weight is 1010 g/mol. The Balaban J connectivity index is 0.000000162. The van der Waals surface area contributed by atoms with Crippen molar-refractivity contribution in [3.8, 4) is 0 Å². The second-order valence-electron chi connectivity index (χ2n) is 21.1. The summed E-state index contributed by atoms with van der Waals surface area (Å²) in [4.78, 5) is 0. The van der Waals surface area contributed by atoms with Gasteiger partial charge in [-0.15, -0.1) is 0 Å². The van der Waals surface area contributed by atoms with E-state index >= 15 is 0 Å². The number of rotatable bonds is 12. The van der Waals surface area contributed by atoms with Crippen LogP contribution in [0.3, 0.4) is 0 Å². The number of hydrogen-bond acceptors (Lipinski definition) is 8. The van der Waals surface area contributed by atoms with E-state index in [2.05, 4.69) is 0 Å². The van der Waals surface area contributed by atoms with Gasteiger partial charge >= 0.3 is 0 Å². The average Bonchev–Trinajstić information content (AvgIpc) is 4.11. The second-order valence-corrected chi connectivity index (χ2v) is 21.1. The third-order valence-corrected chi connectivity index (χ3v) is 16.5. The molecule has 2 heterocycles. The summed E-state index contributed by atoms with van der Waals surface area (Å²) >= 11 is 0. The van der Waals surface area contributed by atoms with Crippen molar-refractivity contribution < 1.29 is 39.4 Å². The molecule has 0 bridgehead atoms. The SMILES string of the molecule is OC(c1ccccc1)(c1ccccc1)[C@@H]1OC2(CCCCC2)O[C@H]1C(O)(c1ccccc1)c1ccccc1.OC(c1ccccc1)(c1ccccc1)[C@@H]1OC2(CCCCC2)O[C@H]1C(O)(c1ccccc1)c1ccccc1. The Hall–Kier alpha value is -6.56. The van der Waals surface area contributed by atoms with E-state index in [-0.39, 0.29) is 0 Å². The Labute approximate surface area is 447 Å². The third-order valence-electron chi connectivity index (χ3n) is 16.5. The van der Waals surface area contributed by atoms with Crippen LogP contribution in [0.1, 0.15) is 109 Å². The van der Waals surface area contributed by atoms with Gasteiger partial charge in [0.1, 0.15) is 46.8 Å². The van der Waals surface area contributed by atoms with Crippen molar-refractivity contribution in [1.82, 2.24) is 0 Å². The minimum atomic E-state index is -1.58. The first-order valence-electron chi connectivity index (χ1n) is 27.2. The van der Waals surface area contributed by atoms with Crippen molar-refractivity contribution in [2.45, 2.75) is 123 Å². The van der Waals surface area contributed by atoms with Gasteiger partial charge in [0.2, 0.25) is 0 Å². The summed E-state index contributed by atoms with van der Waals surface area (Å²) < 4.78 is 27.7. The second kappa shape index (κ2) is 21.8. The molecule has 2 saturated carbocycles. The monoisotopic (exact) mass is 1010 g/mol. The van der Waals surface area contributed by atoms with Crippen molar-refractivity contribution in [3.63, 3.8) is 0 Å². The highest BCUT2D eigenvalue weighted by atomic mass is 16.8. The van der Waals surface area contributed by atoms with E-state index < -0.39 is 58.4 Å². The van der Waals surface area contributed by atoms with Gasteiger partial charge in [-0.25, -0.2) is 0 Å². The number of hydrogen-bond donors (Lipinski definition) is 4. The Morgan fingerprint density at radius 1 is 0.237 bits per heavy atom. The lowest BCUT2D eigenvalue weighted by Gasteiger charge is -2.42. The molecule has 4 fully saturated rings. The lowest BCUT2D eigenvalue weighted by molar-refractivity contribution is -0.213. The largest absolute Gasteiger partial charge is 0.378 e. The zero-order chi connectivity index (χ0) is 52.1. The van der Waals surface area contributed by atoms with Crippen molar-refractivity contribution in [1.29, 1.82) is 0 Å². The molecule has 388 valence electrons. The molecule has 76 heavy (non-hydrogen) atoms. The van der Waals surface area contributed by atoms with Gasteiger partial charge in [-0.05, 0) is 70.2 Å². The summed E-state index contributed by atoms with van der Waals surface area (Å²) in [7, 11) is 0. The molecule has 0 radical (unpaired) electrons. The van der Waals surface area contributed by atoms with Crippen LogP contribution in [-0.2, 0) is 41.4 Å². The highest BCUT2D eigenvalue weighted by Crippen LogP contribution is 2.55. The van der Waals surface area contributed by atoms with Gasteiger partial charge in [0, 0.05) is 25.7 Å². The molecule has 0 amide bonds. The molecule has 4 atom stereocenters. The summed E-state index contributed by atoms with van der Waals surface area (Å²) in [6.07, 6.45) is 5.45. The molecule has 8 aromatic rings. The molecule has 4 N–H and O–H groups in total. The van der Waals surface area contributed by atoms with E-state index in [4.69, 9.17) is 18.9 Å². The maximum Gasteiger partial charge on any atom is 0.169 e. The smallest absolute Gasteiger partial charge is 0.169 e. The van der Waals surface area contributed by atoms with Crippen molar-refractivity contribution in [2.75, 3.05) is 0 Å². The molecule has 8 nitrogen and oxygen atoms in total. The molecule has 0 unspecified atom stereocenters. The Bertz CT molecular complexity index is 2490. The van der Waals surface area contributed by atoms with Gasteiger partial charge in [0.05, 0.1) is 0 Å². The molecule has 2 aliphatic heterocycles. The first kappa shape index (κ1) is 51.5. The summed E-state index contributed by atoms with van der Waals surface area (Å²) in [5.74, 6) is -1.74. The number of ether oxygens (including phenoxy) is 4. The predicted octanol–water partition coefficient (Wildman–Crippen LogP) is 12.6. The van der Waals surface area contributed by atoms with Crippen LogP contribution in [0, 0.1) is 0 Å². The molecular formula is C68H68O8. The van der Waals surface area contributed by atoms with E-state index in [1.165, 1.54) is 0 Å². The quantitative estimate of drug-likeness (QED) is 0.0956. The molecule has 2 saturated heterocycles. The van der Waals surface area contributed by atoms with E-state index in [1.54, 1.807) is 0 Å². The zero-order valence-corrected chi connectivity index (χ0v) is 42.9. The van der Waals surface area contributed by atoms with Gasteiger partial charge in [-0.2, -0.15) is 0 Å². The van der Waals surface area contributed by atoms with Gasteiger partial charge in [0.15, 0.2) is 11.6 Å². The summed E-state index contributed by atoms with van der Waals surface area (Å²) in [5.41, 5.74) is -0.747. The minimum Gasteiger partial charge on any atom is -0.378 e. The highest BCUT2D eigenvalue weighted by Gasteiger charge is 2.65. The number of benzene rings is 8. The Morgan fingerprint density at radius 3 is 0.526 bits per heavy atom. The van der Waals surface area contributed by atoms with E-state index in [9.17, 15) is 20.4 Å². The molecule has 2 spiro atoms. The van der Waals surface area contributed by atoms with Gasteiger partial charge in [0.25, 0.3) is 0 Å². The maximum absolute atomic E-state index is 12.9. The van der Waals surface area contributed by atoms with Crippen LogP contribution in [-0.4, -0.2) is 56.4 Å². The minimum absolute atomic E-state index is 0.695. The van der Waals surface area contributed by atoms with Crippen molar-refractivity contribution >= 4 is 0 Å². The standard InChI is InChI=1S/2C34H34O4/c2*35-33(26-16-6-1-7-17-26,27-18-8-2-9-19-27)30-31(38-32(37-30)24-14-5-15-25-32)34(36,28-20-10-3-11-21-28)29-22-12-4-13-23-29/h2*1-4,6-13,16-23,30-31,35-36H,5,14-15,24-25H2/t2*30-,31-/m11/s1. The molecular weight excluding hydrogens is 945 g/mol. The van der Waals surface area contributed by atoms with Gasteiger partial charge in [-0.1, -0.05) is 255 Å². The lowest BCUT2D eigenvalue weighted by Crippen LogP contribution is -2.54. The van der Waals surface area contributed by atoms with Crippen LogP contribution < -0.4 is 0 Å². The molecule has 0 aromatic heterocycles. The molecule has 2 aliphatic carbocycles. The lowest BCUT2D eigenvalue weighted by atomic mass is 9.72. The van der Waals surface area contributed by atoms with Crippen LogP contribution >= 0.6 is 0 Å². The fourth-order valence-electron chi connectivity index (χ4n) is 12.6. The Morgan fingerprint density at radius 2 is 0.382 bits per heavy atom. The first-order chi connectivity index (χ1) is 37.1. The molecule has 8 heteroatoms. The van der Waals surface area contributed by atoms with Crippen molar-refractivity contribution in [2.24, 2.45) is 0 Å². The Kier molecular flexibility index (Phi) is 14.8. The normalized spacial score (nSPS) is 21.4. The first-order valence-corrected chi connectivity index (χ1v) is 27.2. The molecule has 4 aliphatic rings. The van der Waals surface area contributed by atoms with Gasteiger partial charge in [-0.3, -0.25) is 0 Å². The van der Waals surface area contributed by atoms with Crippen LogP contribution in [0.5, 0.6) is 0 Å². The topological polar surface area (TPSA) is 118 Å². The van der Waals surface area contributed by atoms with Crippen LogP contribution in [0.15, 0.2) is 243 Å². The van der Waals surface area contributed by atoms with E-state index in [0.29, 0.717) is 44.5 Å². The predicted molar refractivity (Wildman–Crippen MR) is 295 cm³/mol. The van der Waals surface area contributed by atoms with Crippen LogP contribution in [0.25, 0.3) is 0 Å². The summed E-state index contributed by atoms with van der Waals surface area (Å²) in [6.45, 7) is 0. The summed E-state index contributed by atoms with van der Waals surface area (Å²) in [6, 6.07) is 77.0. The highest BCUT2D eigenvalue weighted by molar-refractivity contribution is 5.46. The van der Waals surface area contributed by atoms with Crippen LogP contribution in [0.4, 0.5) is 0 Å². The third kappa shape index (κ3) is 9.46. The fraction of sp³-hybridized carbons (Fsp3) is 0.294. The maximum atomic E-state index is 12.9. The number of aliphatic hydroxyl groups is 4. The molecule has 12 rings (SSSR count). The van der Waals surface area contributed by atoms with E-state index in [1.807, 2.05) is 243 Å². The zero-order valence-electron chi connectivity index (χ0n) is 42.9. The van der Waals surface area contributed by atoms with Crippen molar-refractivity contribution in [3.05, 3.63) is 287 Å². The van der Waals surface area contributed by atoms with E-state index in [0.717, 1.165) is 64.2 Å². The molecule has 8 aromatic carbocycles. The van der Waals surface area contributed by atoms with Gasteiger partial charge < -0.3 is 39.4 Å².